The average Bonchev–Trinajstić information content (AvgIpc) is 2.49. The van der Waals surface area contributed by atoms with Crippen molar-refractivity contribution in [1.29, 1.82) is 0 Å². The van der Waals surface area contributed by atoms with Gasteiger partial charge in [0.05, 0.1) is 7.11 Å². The van der Waals surface area contributed by atoms with Crippen molar-refractivity contribution in [3.8, 4) is 5.75 Å². The first kappa shape index (κ1) is 15.1. The van der Waals surface area contributed by atoms with Crippen LogP contribution in [0.3, 0.4) is 0 Å². The van der Waals surface area contributed by atoms with E-state index in [0.717, 1.165) is 48.1 Å². The first-order valence-electron chi connectivity index (χ1n) is 7.09. The van der Waals surface area contributed by atoms with E-state index in [1.807, 2.05) is 24.3 Å². The van der Waals surface area contributed by atoms with Crippen LogP contribution >= 0.6 is 0 Å². The van der Waals surface area contributed by atoms with E-state index in [2.05, 4.69) is 10.3 Å². The lowest BCUT2D eigenvalue weighted by atomic mass is 10.1. The number of rotatable bonds is 8. The van der Waals surface area contributed by atoms with Gasteiger partial charge in [-0.3, -0.25) is 4.79 Å². The highest BCUT2D eigenvalue weighted by Gasteiger charge is 2.03. The van der Waals surface area contributed by atoms with Crippen molar-refractivity contribution < 1.29 is 14.6 Å². The van der Waals surface area contributed by atoms with Crippen LogP contribution in [0.2, 0.25) is 0 Å². The number of nitrogens with one attached hydrogen (secondary N) is 1. The average molecular weight is 288 g/mol. The number of carboxylic acid groups (broad SMARTS) is 1. The molecule has 0 saturated heterocycles. The van der Waals surface area contributed by atoms with E-state index in [0.29, 0.717) is 0 Å². The molecule has 0 fully saturated rings. The Morgan fingerprint density at radius 2 is 2.14 bits per heavy atom. The summed E-state index contributed by atoms with van der Waals surface area (Å²) in [6, 6.07) is 7.85. The van der Waals surface area contributed by atoms with Gasteiger partial charge in [-0.15, -0.1) is 0 Å². The summed E-state index contributed by atoms with van der Waals surface area (Å²) < 4.78 is 5.22. The molecule has 112 valence electrons. The van der Waals surface area contributed by atoms with Crippen LogP contribution in [0, 0.1) is 0 Å². The molecule has 0 amide bonds. The standard InChI is InChI=1S/C16H20N2O3/c1-21-13-6-7-14-12(11-13)8-10-18-16(14)17-9-4-2-3-5-15(19)20/h6-8,10-11H,2-5,9H2,1H3,(H,17,18)(H,19,20). The number of methoxy groups -OCH3 is 1. The Balaban J connectivity index is 1.91. The zero-order valence-corrected chi connectivity index (χ0v) is 12.1. The minimum Gasteiger partial charge on any atom is -0.497 e. The lowest BCUT2D eigenvalue weighted by Crippen LogP contribution is -2.04. The zero-order valence-electron chi connectivity index (χ0n) is 12.1. The topological polar surface area (TPSA) is 71.5 Å². The number of ether oxygens (including phenoxy) is 1. The van der Waals surface area contributed by atoms with Crippen LogP contribution in [0.1, 0.15) is 25.7 Å². The fraction of sp³-hybridized carbons (Fsp3) is 0.375. The Bertz CT molecular complexity index is 613. The van der Waals surface area contributed by atoms with Gasteiger partial charge in [-0.05, 0) is 42.5 Å². The van der Waals surface area contributed by atoms with Crippen molar-refractivity contribution in [2.45, 2.75) is 25.7 Å². The second kappa shape index (κ2) is 7.47. The van der Waals surface area contributed by atoms with E-state index < -0.39 is 5.97 Å². The summed E-state index contributed by atoms with van der Waals surface area (Å²) in [4.78, 5) is 14.8. The summed E-state index contributed by atoms with van der Waals surface area (Å²) in [6.07, 6.45) is 4.57. The van der Waals surface area contributed by atoms with E-state index in [1.165, 1.54) is 0 Å². The fourth-order valence-electron chi connectivity index (χ4n) is 2.21. The Kier molecular flexibility index (Phi) is 5.37. The van der Waals surface area contributed by atoms with Gasteiger partial charge in [-0.25, -0.2) is 4.98 Å². The van der Waals surface area contributed by atoms with Crippen molar-refractivity contribution in [2.75, 3.05) is 19.0 Å². The smallest absolute Gasteiger partial charge is 0.303 e. The predicted octanol–water partition coefficient (Wildman–Crippen LogP) is 3.30. The van der Waals surface area contributed by atoms with Crippen LogP contribution in [-0.2, 0) is 4.79 Å². The van der Waals surface area contributed by atoms with E-state index in [-0.39, 0.29) is 6.42 Å². The van der Waals surface area contributed by atoms with Crippen molar-refractivity contribution in [1.82, 2.24) is 4.98 Å². The first-order valence-corrected chi connectivity index (χ1v) is 7.09. The fourth-order valence-corrected chi connectivity index (χ4v) is 2.21. The van der Waals surface area contributed by atoms with E-state index >= 15 is 0 Å². The Hall–Kier alpha value is -2.30. The molecule has 0 aliphatic carbocycles. The summed E-state index contributed by atoms with van der Waals surface area (Å²) in [5.41, 5.74) is 0. The minimum atomic E-state index is -0.729. The summed E-state index contributed by atoms with van der Waals surface area (Å²) in [5.74, 6) is 0.953. The first-order chi connectivity index (χ1) is 10.2. The second-order valence-electron chi connectivity index (χ2n) is 4.88. The van der Waals surface area contributed by atoms with E-state index in [4.69, 9.17) is 9.84 Å². The molecule has 21 heavy (non-hydrogen) atoms. The van der Waals surface area contributed by atoms with Crippen LogP contribution in [0.4, 0.5) is 5.82 Å². The molecule has 0 bridgehead atoms. The van der Waals surface area contributed by atoms with E-state index in [1.54, 1.807) is 13.3 Å². The number of hydrogen-bond donors (Lipinski definition) is 2. The van der Waals surface area contributed by atoms with Crippen LogP contribution < -0.4 is 10.1 Å². The highest BCUT2D eigenvalue weighted by molar-refractivity contribution is 5.92. The number of aromatic nitrogens is 1. The monoisotopic (exact) mass is 288 g/mol. The molecule has 2 N–H and O–H groups in total. The Morgan fingerprint density at radius 1 is 1.29 bits per heavy atom. The SMILES string of the molecule is COc1ccc2c(NCCCCCC(=O)O)nccc2c1. The third-order valence-electron chi connectivity index (χ3n) is 3.33. The normalized spacial score (nSPS) is 10.5. The molecule has 5 nitrogen and oxygen atoms in total. The number of nitrogens with zero attached hydrogens (tertiary/aromatic N) is 1. The largest absolute Gasteiger partial charge is 0.497 e. The highest BCUT2D eigenvalue weighted by Crippen LogP contribution is 2.25. The van der Waals surface area contributed by atoms with Crippen LogP contribution in [0.25, 0.3) is 10.8 Å². The van der Waals surface area contributed by atoms with Crippen molar-refractivity contribution in [2.24, 2.45) is 0 Å². The number of fused-ring (bicyclic) bond motifs is 1. The molecule has 1 aromatic heterocycles. The van der Waals surface area contributed by atoms with Crippen molar-refractivity contribution in [3.05, 3.63) is 30.5 Å². The third-order valence-corrected chi connectivity index (χ3v) is 3.33. The molecule has 2 rings (SSSR count). The molecule has 0 atom stereocenters. The maximum Gasteiger partial charge on any atom is 0.303 e. The maximum absolute atomic E-state index is 10.4. The minimum absolute atomic E-state index is 0.242. The number of anilines is 1. The highest BCUT2D eigenvalue weighted by atomic mass is 16.5. The number of hydrogen-bond acceptors (Lipinski definition) is 4. The van der Waals surface area contributed by atoms with Gasteiger partial charge in [0.15, 0.2) is 0 Å². The molecule has 0 radical (unpaired) electrons. The van der Waals surface area contributed by atoms with Gasteiger partial charge in [0, 0.05) is 24.5 Å². The van der Waals surface area contributed by atoms with Gasteiger partial charge in [0.25, 0.3) is 0 Å². The molecular formula is C16H20N2O3. The lowest BCUT2D eigenvalue weighted by Gasteiger charge is -2.09. The summed E-state index contributed by atoms with van der Waals surface area (Å²) in [6.45, 7) is 0.789. The number of benzene rings is 1. The van der Waals surface area contributed by atoms with Gasteiger partial charge < -0.3 is 15.2 Å². The van der Waals surface area contributed by atoms with Gasteiger partial charge >= 0.3 is 5.97 Å². The van der Waals surface area contributed by atoms with Crippen LogP contribution in [0.5, 0.6) is 5.75 Å². The third kappa shape index (κ3) is 4.34. The molecule has 0 aliphatic rings. The Morgan fingerprint density at radius 3 is 2.90 bits per heavy atom. The van der Waals surface area contributed by atoms with E-state index in [9.17, 15) is 4.79 Å². The number of pyridine rings is 1. The molecule has 0 saturated carbocycles. The number of aliphatic carboxylic acids is 1. The van der Waals surface area contributed by atoms with Crippen molar-refractivity contribution in [3.63, 3.8) is 0 Å². The predicted molar refractivity (Wildman–Crippen MR) is 82.9 cm³/mol. The molecule has 0 spiro atoms. The zero-order chi connectivity index (χ0) is 15.1. The molecule has 1 heterocycles. The molecular weight excluding hydrogens is 268 g/mol. The second-order valence-corrected chi connectivity index (χ2v) is 4.88. The number of unbranched alkanes of at least 4 members (excludes halogenated alkanes) is 2. The van der Waals surface area contributed by atoms with Gasteiger partial charge in [-0.2, -0.15) is 0 Å². The summed E-state index contributed by atoms with van der Waals surface area (Å²) >= 11 is 0. The molecule has 5 heteroatoms. The van der Waals surface area contributed by atoms with Crippen LogP contribution in [-0.4, -0.2) is 29.7 Å². The Labute approximate surface area is 124 Å². The molecule has 1 aromatic carbocycles. The summed E-state index contributed by atoms with van der Waals surface area (Å²) in [5, 5.41) is 14.0. The molecule has 0 unspecified atom stereocenters. The van der Waals surface area contributed by atoms with Crippen LogP contribution in [0.15, 0.2) is 30.5 Å². The quantitative estimate of drug-likeness (QED) is 0.729. The van der Waals surface area contributed by atoms with Gasteiger partial charge in [0.1, 0.15) is 11.6 Å². The molecule has 0 aliphatic heterocycles. The summed E-state index contributed by atoms with van der Waals surface area (Å²) in [7, 11) is 1.65. The molecule has 2 aromatic rings. The van der Waals surface area contributed by atoms with Crippen molar-refractivity contribution >= 4 is 22.6 Å². The van der Waals surface area contributed by atoms with Gasteiger partial charge in [0.2, 0.25) is 0 Å². The maximum atomic E-state index is 10.4. The van der Waals surface area contributed by atoms with Gasteiger partial charge in [-0.1, -0.05) is 6.42 Å². The lowest BCUT2D eigenvalue weighted by molar-refractivity contribution is -0.137. The number of carbonyl (C=O) groups is 1. The number of carboxylic acids is 1.